The van der Waals surface area contributed by atoms with E-state index in [-0.39, 0.29) is 6.42 Å². The van der Waals surface area contributed by atoms with Crippen molar-refractivity contribution in [1.29, 1.82) is 0 Å². The summed E-state index contributed by atoms with van der Waals surface area (Å²) in [6.07, 6.45) is -13.1. The number of hydrogen-bond donors (Lipinski definition) is 0. The van der Waals surface area contributed by atoms with Crippen LogP contribution in [0.5, 0.6) is 0 Å². The van der Waals surface area contributed by atoms with Gasteiger partial charge in [-0.2, -0.15) is 26.3 Å². The molecule has 0 saturated heterocycles. The maximum Gasteiger partial charge on any atom is 0.431 e. The van der Waals surface area contributed by atoms with Gasteiger partial charge in [0, 0.05) is 9.84 Å². The number of hydrogen-bond acceptors (Lipinski definition) is 0. The lowest BCUT2D eigenvalue weighted by Crippen LogP contribution is -2.55. The van der Waals surface area contributed by atoms with Crippen molar-refractivity contribution in [2.24, 2.45) is 0 Å². The van der Waals surface area contributed by atoms with Crippen molar-refractivity contribution in [3.8, 4) is 0 Å². The number of halogens is 8. The van der Waals surface area contributed by atoms with E-state index in [1.807, 2.05) is 0 Å². The first kappa shape index (κ1) is 17.2. The molecule has 0 nitrogen and oxygen atoms in total. The van der Waals surface area contributed by atoms with E-state index in [0.717, 1.165) is 0 Å². The highest BCUT2D eigenvalue weighted by Gasteiger charge is 2.73. The van der Waals surface area contributed by atoms with Gasteiger partial charge in [-0.3, -0.25) is 0 Å². The molecule has 0 fully saturated rings. The molecule has 0 aliphatic heterocycles. The molecule has 104 valence electrons. The average molecular weight is 380 g/mol. The van der Waals surface area contributed by atoms with Gasteiger partial charge in [-0.15, -0.1) is 0 Å². The van der Waals surface area contributed by atoms with E-state index < -0.39 is 27.9 Å². The summed E-state index contributed by atoms with van der Waals surface area (Å²) in [7, 11) is 0. The molecule has 0 aromatic heterocycles. The highest BCUT2D eigenvalue weighted by Crippen LogP contribution is 2.52. The summed E-state index contributed by atoms with van der Waals surface area (Å²) in [4.78, 5) is 0. The fraction of sp³-hybridized carbons (Fsp3) is 1.00. The quantitative estimate of drug-likeness (QED) is 0.357. The highest BCUT2D eigenvalue weighted by atomic mass is 127. The summed E-state index contributed by atoms with van der Waals surface area (Å²) in [6, 6.07) is 0. The van der Waals surface area contributed by atoms with Gasteiger partial charge in [-0.25, -0.2) is 4.39 Å². The smallest absolute Gasteiger partial charge is 0.224 e. The third kappa shape index (κ3) is 4.13. The zero-order chi connectivity index (χ0) is 14.1. The minimum Gasteiger partial charge on any atom is -0.224 e. The van der Waals surface area contributed by atoms with Crippen LogP contribution in [0.1, 0.15) is 33.1 Å². The molecule has 1 unspecified atom stereocenters. The molecule has 17 heavy (non-hydrogen) atoms. The Bertz CT molecular complexity index is 239. The monoisotopic (exact) mass is 380 g/mol. The molecular weight excluding hydrogens is 368 g/mol. The maximum absolute atomic E-state index is 13.4. The van der Waals surface area contributed by atoms with Gasteiger partial charge in [-0.05, 0) is 6.42 Å². The Morgan fingerprint density at radius 2 is 1.24 bits per heavy atom. The predicted molar refractivity (Wildman–Crippen MR) is 57.9 cm³/mol. The summed E-state index contributed by atoms with van der Waals surface area (Å²) in [5.41, 5.74) is -5.15. The Hall–Kier alpha value is 0.240. The summed E-state index contributed by atoms with van der Waals surface area (Å²) in [6.45, 7) is 2.79. The van der Waals surface area contributed by atoms with Crippen molar-refractivity contribution in [1.82, 2.24) is 0 Å². The van der Waals surface area contributed by atoms with Gasteiger partial charge >= 0.3 is 12.4 Å². The fourth-order valence-corrected chi connectivity index (χ4v) is 2.54. The second-order valence-corrected chi connectivity index (χ2v) is 6.74. The van der Waals surface area contributed by atoms with E-state index in [4.69, 9.17) is 0 Å². The van der Waals surface area contributed by atoms with Crippen LogP contribution in [0.15, 0.2) is 0 Å². The lowest BCUT2D eigenvalue weighted by atomic mass is 9.89. The molecule has 0 heterocycles. The van der Waals surface area contributed by atoms with Crippen LogP contribution in [0, 0.1) is 0 Å². The largest absolute Gasteiger partial charge is 0.431 e. The van der Waals surface area contributed by atoms with Gasteiger partial charge in [0.15, 0.2) is 0 Å². The fourth-order valence-electron chi connectivity index (χ4n) is 1.48. The van der Waals surface area contributed by atoms with Crippen molar-refractivity contribution in [3.05, 3.63) is 0 Å². The van der Waals surface area contributed by atoms with Gasteiger partial charge < -0.3 is 0 Å². The van der Waals surface area contributed by atoms with E-state index in [2.05, 4.69) is 0 Å². The zero-order valence-corrected chi connectivity index (χ0v) is 11.3. The van der Waals surface area contributed by atoms with E-state index >= 15 is 0 Å². The second-order valence-electron chi connectivity index (χ2n) is 4.14. The molecule has 0 aliphatic carbocycles. The Balaban J connectivity index is 5.26. The first-order valence-corrected chi connectivity index (χ1v) is 5.86. The Kier molecular flexibility index (Phi) is 5.16. The summed E-state index contributed by atoms with van der Waals surface area (Å²) < 4.78 is 85.6. The van der Waals surface area contributed by atoms with Crippen LogP contribution in [0.4, 0.5) is 30.7 Å². The van der Waals surface area contributed by atoms with Crippen molar-refractivity contribution < 1.29 is 30.7 Å². The number of alkyl halides is 8. The molecule has 0 spiro atoms. The summed E-state index contributed by atoms with van der Waals surface area (Å²) in [5, 5.41) is 0. The molecule has 8 heteroatoms. The van der Waals surface area contributed by atoms with E-state index in [1.165, 1.54) is 29.5 Å². The average Bonchev–Trinajstić information content (AvgIpc) is 1.97. The molecule has 0 aromatic carbocycles. The number of rotatable bonds is 4. The Morgan fingerprint density at radius 3 is 1.47 bits per heavy atom. The molecule has 0 rings (SSSR count). The maximum atomic E-state index is 13.4. The van der Waals surface area contributed by atoms with Crippen molar-refractivity contribution >= 4 is 22.6 Å². The van der Waals surface area contributed by atoms with Crippen LogP contribution < -0.4 is 0 Å². The van der Waals surface area contributed by atoms with Gasteiger partial charge in [0.25, 0.3) is 5.67 Å². The van der Waals surface area contributed by atoms with Gasteiger partial charge in [0.1, 0.15) is 0 Å². The Morgan fingerprint density at radius 1 is 0.882 bits per heavy atom. The molecule has 0 radical (unpaired) electrons. The summed E-state index contributed by atoms with van der Waals surface area (Å²) in [5.74, 6) is 0. The predicted octanol–water partition coefficient (Wildman–Crippen LogP) is 5.20. The van der Waals surface area contributed by atoms with Crippen LogP contribution in [-0.2, 0) is 0 Å². The summed E-state index contributed by atoms with van der Waals surface area (Å²) >= 11 is 1.44. The van der Waals surface area contributed by atoms with E-state index in [0.29, 0.717) is 6.42 Å². The molecule has 0 saturated carbocycles. The van der Waals surface area contributed by atoms with Gasteiger partial charge in [0.05, 0.1) is 0 Å². The van der Waals surface area contributed by atoms with Crippen LogP contribution >= 0.6 is 22.6 Å². The second kappa shape index (κ2) is 5.08. The zero-order valence-electron chi connectivity index (χ0n) is 9.15. The Labute approximate surface area is 108 Å². The van der Waals surface area contributed by atoms with Crippen molar-refractivity contribution in [2.75, 3.05) is 0 Å². The highest BCUT2D eigenvalue weighted by molar-refractivity contribution is 14.1. The minimum atomic E-state index is -5.95. The minimum absolute atomic E-state index is 0.0748. The van der Waals surface area contributed by atoms with Crippen LogP contribution in [-0.4, -0.2) is 21.4 Å². The SMILES string of the molecule is CCCC(C)(I)CC(F)(C(F)(F)F)C(F)(F)F. The standard InChI is InChI=1S/C9H12F7I/c1-3-4-6(2,17)5-7(10,8(11,12)13)9(14,15)16/h3-5H2,1-2H3. The molecule has 0 amide bonds. The topological polar surface area (TPSA) is 0 Å². The van der Waals surface area contributed by atoms with E-state index in [9.17, 15) is 30.7 Å². The van der Waals surface area contributed by atoms with E-state index in [1.54, 1.807) is 6.92 Å². The first-order chi connectivity index (χ1) is 7.27. The van der Waals surface area contributed by atoms with Gasteiger partial charge in [0.2, 0.25) is 0 Å². The van der Waals surface area contributed by atoms with Crippen LogP contribution in [0.2, 0.25) is 0 Å². The molecule has 0 aliphatic rings. The first-order valence-electron chi connectivity index (χ1n) is 4.78. The lowest BCUT2D eigenvalue weighted by molar-refractivity contribution is -0.344. The van der Waals surface area contributed by atoms with Crippen LogP contribution in [0.25, 0.3) is 0 Å². The third-order valence-corrected chi connectivity index (χ3v) is 3.20. The molecule has 0 bridgehead atoms. The van der Waals surface area contributed by atoms with Crippen LogP contribution in [0.3, 0.4) is 0 Å². The van der Waals surface area contributed by atoms with Crippen molar-refractivity contribution in [3.63, 3.8) is 0 Å². The molecule has 1 atom stereocenters. The molecular formula is C9H12F7I. The normalized spacial score (nSPS) is 18.0. The van der Waals surface area contributed by atoms with Crippen molar-refractivity contribution in [2.45, 2.75) is 54.6 Å². The lowest BCUT2D eigenvalue weighted by Gasteiger charge is -2.35. The van der Waals surface area contributed by atoms with Gasteiger partial charge in [-0.1, -0.05) is 42.9 Å². The molecule has 0 aromatic rings. The molecule has 0 N–H and O–H groups in total. The third-order valence-electron chi connectivity index (χ3n) is 2.28.